The number of hydrogen-bond donors (Lipinski definition) is 1. The van der Waals surface area contributed by atoms with Gasteiger partial charge in [-0.1, -0.05) is 36.4 Å². The first kappa shape index (κ1) is 16.0. The van der Waals surface area contributed by atoms with Crippen LogP contribution in [0.25, 0.3) is 10.8 Å². The highest BCUT2D eigenvalue weighted by Crippen LogP contribution is 2.22. The summed E-state index contributed by atoms with van der Waals surface area (Å²) in [5, 5.41) is 5.00. The second-order valence-electron chi connectivity index (χ2n) is 5.54. The maximum atomic E-state index is 12.1. The first-order valence-electron chi connectivity index (χ1n) is 7.13. The van der Waals surface area contributed by atoms with E-state index < -0.39 is 0 Å². The molecule has 0 radical (unpaired) electrons. The van der Waals surface area contributed by atoms with Gasteiger partial charge in [0.15, 0.2) is 0 Å². The monoisotopic (exact) mass is 299 g/mol. The van der Waals surface area contributed by atoms with E-state index in [4.69, 9.17) is 0 Å². The summed E-state index contributed by atoms with van der Waals surface area (Å²) in [7, 11) is 5.16. The van der Waals surface area contributed by atoms with Crippen LogP contribution in [0.2, 0.25) is 0 Å². The molecule has 0 spiro atoms. The highest BCUT2D eigenvalue weighted by atomic mass is 16.2. The van der Waals surface area contributed by atoms with E-state index >= 15 is 0 Å². The second kappa shape index (κ2) is 7.04. The van der Waals surface area contributed by atoms with Crippen LogP contribution >= 0.6 is 0 Å². The van der Waals surface area contributed by atoms with Gasteiger partial charge in [0.2, 0.25) is 11.8 Å². The molecule has 2 rings (SSSR count). The van der Waals surface area contributed by atoms with Gasteiger partial charge >= 0.3 is 0 Å². The molecule has 0 saturated heterocycles. The van der Waals surface area contributed by atoms with E-state index in [9.17, 15) is 9.59 Å². The fourth-order valence-corrected chi connectivity index (χ4v) is 2.20. The lowest BCUT2D eigenvalue weighted by molar-refractivity contribution is -0.130. The van der Waals surface area contributed by atoms with E-state index in [2.05, 4.69) is 5.32 Å². The predicted octanol–water partition coefficient (Wildman–Crippen LogP) is 1.80. The number of hydrogen-bond acceptors (Lipinski definition) is 3. The number of nitrogens with zero attached hydrogens (tertiary/aromatic N) is 2. The highest BCUT2D eigenvalue weighted by Gasteiger charge is 2.12. The summed E-state index contributed by atoms with van der Waals surface area (Å²) < 4.78 is 0. The second-order valence-corrected chi connectivity index (χ2v) is 5.54. The lowest BCUT2D eigenvalue weighted by atomic mass is 10.1. The molecule has 5 heteroatoms. The number of likely N-dealkylation sites (N-methyl/N-ethyl adjacent to an activating group) is 2. The number of benzene rings is 2. The molecule has 0 aliphatic rings. The van der Waals surface area contributed by atoms with Crippen LogP contribution in [0.15, 0.2) is 42.5 Å². The summed E-state index contributed by atoms with van der Waals surface area (Å²) in [6, 6.07) is 13.7. The largest absolute Gasteiger partial charge is 0.348 e. The Morgan fingerprint density at radius 2 is 1.64 bits per heavy atom. The Bertz CT molecular complexity index is 677. The smallest absolute Gasteiger partial charge is 0.238 e. The lowest BCUT2D eigenvalue weighted by Crippen LogP contribution is -2.38. The zero-order chi connectivity index (χ0) is 16.1. The van der Waals surface area contributed by atoms with Crippen LogP contribution in [0.4, 0.5) is 5.69 Å². The molecular formula is C17H21N3O2. The summed E-state index contributed by atoms with van der Waals surface area (Å²) in [6.07, 6.45) is 0. The van der Waals surface area contributed by atoms with Gasteiger partial charge in [-0.05, 0) is 18.5 Å². The van der Waals surface area contributed by atoms with Crippen LogP contribution in [0.1, 0.15) is 0 Å². The van der Waals surface area contributed by atoms with Gasteiger partial charge in [0.1, 0.15) is 0 Å². The molecule has 2 aromatic carbocycles. The third kappa shape index (κ3) is 4.05. The van der Waals surface area contributed by atoms with Crippen molar-refractivity contribution in [3.8, 4) is 0 Å². The third-order valence-corrected chi connectivity index (χ3v) is 3.38. The molecule has 116 valence electrons. The van der Waals surface area contributed by atoms with E-state index in [0.717, 1.165) is 16.5 Å². The van der Waals surface area contributed by atoms with Crippen LogP contribution in [0, 0.1) is 0 Å². The van der Waals surface area contributed by atoms with Crippen molar-refractivity contribution in [2.45, 2.75) is 0 Å². The zero-order valence-electron chi connectivity index (χ0n) is 13.2. The molecule has 0 bridgehead atoms. The van der Waals surface area contributed by atoms with Crippen molar-refractivity contribution in [3.63, 3.8) is 0 Å². The Morgan fingerprint density at radius 1 is 0.955 bits per heavy atom. The van der Waals surface area contributed by atoms with Crippen LogP contribution in [-0.2, 0) is 9.59 Å². The first-order valence-corrected chi connectivity index (χ1v) is 7.13. The molecule has 2 aromatic rings. The average Bonchev–Trinajstić information content (AvgIpc) is 2.47. The van der Waals surface area contributed by atoms with Crippen molar-refractivity contribution in [1.29, 1.82) is 0 Å². The number of amides is 2. The van der Waals surface area contributed by atoms with E-state index in [1.807, 2.05) is 42.5 Å². The Kier molecular flexibility index (Phi) is 5.12. The number of anilines is 1. The normalized spacial score (nSPS) is 10.7. The van der Waals surface area contributed by atoms with Crippen LogP contribution in [0.5, 0.6) is 0 Å². The molecule has 0 atom stereocenters. The molecule has 0 unspecified atom stereocenters. The van der Waals surface area contributed by atoms with Crippen molar-refractivity contribution in [3.05, 3.63) is 42.5 Å². The number of carbonyl (C=O) groups is 2. The van der Waals surface area contributed by atoms with Gasteiger partial charge in [-0.15, -0.1) is 0 Å². The Morgan fingerprint density at radius 3 is 2.36 bits per heavy atom. The van der Waals surface area contributed by atoms with Crippen molar-refractivity contribution < 1.29 is 9.59 Å². The summed E-state index contributed by atoms with van der Waals surface area (Å²) in [4.78, 5) is 27.0. The van der Waals surface area contributed by atoms with Gasteiger partial charge in [-0.3, -0.25) is 14.5 Å². The van der Waals surface area contributed by atoms with Crippen molar-refractivity contribution in [2.75, 3.05) is 39.5 Å². The minimum absolute atomic E-state index is 0.0274. The SMILES string of the molecule is CN(CC(=O)Nc1cccc2ccccc12)CC(=O)N(C)C. The van der Waals surface area contributed by atoms with Crippen molar-refractivity contribution >= 4 is 28.3 Å². The van der Waals surface area contributed by atoms with E-state index in [1.165, 1.54) is 4.90 Å². The maximum Gasteiger partial charge on any atom is 0.238 e. The molecule has 1 N–H and O–H groups in total. The number of rotatable bonds is 5. The van der Waals surface area contributed by atoms with Crippen LogP contribution in [0.3, 0.4) is 0 Å². The molecule has 5 nitrogen and oxygen atoms in total. The fraction of sp³-hybridized carbons (Fsp3) is 0.294. The first-order chi connectivity index (χ1) is 10.5. The van der Waals surface area contributed by atoms with Crippen molar-refractivity contribution in [2.24, 2.45) is 0 Å². The molecule has 22 heavy (non-hydrogen) atoms. The minimum atomic E-state index is -0.134. The number of fused-ring (bicyclic) bond motifs is 1. The van der Waals surface area contributed by atoms with Gasteiger partial charge in [0.05, 0.1) is 13.1 Å². The van der Waals surface area contributed by atoms with Crippen LogP contribution < -0.4 is 5.32 Å². The zero-order valence-corrected chi connectivity index (χ0v) is 13.2. The minimum Gasteiger partial charge on any atom is -0.348 e. The highest BCUT2D eigenvalue weighted by molar-refractivity contribution is 6.02. The van der Waals surface area contributed by atoms with Gasteiger partial charge in [0.25, 0.3) is 0 Å². The summed E-state index contributed by atoms with van der Waals surface area (Å²) in [5.74, 6) is -0.161. The number of carbonyl (C=O) groups excluding carboxylic acids is 2. The van der Waals surface area contributed by atoms with Gasteiger partial charge < -0.3 is 10.2 Å². The molecule has 0 aliphatic carbocycles. The molecule has 0 fully saturated rings. The van der Waals surface area contributed by atoms with Gasteiger partial charge in [0, 0.05) is 25.2 Å². The lowest BCUT2D eigenvalue weighted by Gasteiger charge is -2.18. The van der Waals surface area contributed by atoms with Gasteiger partial charge in [-0.2, -0.15) is 0 Å². The summed E-state index contributed by atoms with van der Waals surface area (Å²) in [5.41, 5.74) is 0.787. The number of nitrogens with one attached hydrogen (secondary N) is 1. The van der Waals surface area contributed by atoms with Crippen LogP contribution in [-0.4, -0.2) is 55.8 Å². The Labute approximate surface area is 130 Å². The van der Waals surface area contributed by atoms with E-state index in [1.54, 1.807) is 26.0 Å². The average molecular weight is 299 g/mol. The summed E-state index contributed by atoms with van der Waals surface area (Å²) >= 11 is 0. The molecule has 2 amide bonds. The van der Waals surface area contributed by atoms with Gasteiger partial charge in [-0.25, -0.2) is 0 Å². The van der Waals surface area contributed by atoms with E-state index in [0.29, 0.717) is 0 Å². The topological polar surface area (TPSA) is 52.7 Å². The molecule has 0 aromatic heterocycles. The van der Waals surface area contributed by atoms with E-state index in [-0.39, 0.29) is 24.9 Å². The molecule has 0 aliphatic heterocycles. The maximum absolute atomic E-state index is 12.1. The standard InChI is InChI=1S/C17H21N3O2/c1-19(2)17(22)12-20(3)11-16(21)18-15-10-6-8-13-7-4-5-9-14(13)15/h4-10H,11-12H2,1-3H3,(H,18,21). The third-order valence-electron chi connectivity index (χ3n) is 3.38. The molecular weight excluding hydrogens is 278 g/mol. The van der Waals surface area contributed by atoms with Crippen molar-refractivity contribution in [1.82, 2.24) is 9.80 Å². The molecule has 0 saturated carbocycles. The Hall–Kier alpha value is -2.40. The predicted molar refractivity (Wildman–Crippen MR) is 88.8 cm³/mol. The Balaban J connectivity index is 2.01. The summed E-state index contributed by atoms with van der Waals surface area (Å²) in [6.45, 7) is 0.388. The molecule has 0 heterocycles. The fourth-order valence-electron chi connectivity index (χ4n) is 2.20. The quantitative estimate of drug-likeness (QED) is 0.916.